The fourth-order valence-corrected chi connectivity index (χ4v) is 5.52. The average molecular weight is 552 g/mol. The molecule has 1 aromatic carbocycles. The molecule has 2 fully saturated rings. The number of H-pyrrole nitrogens is 1. The number of hydrogen-bond acceptors (Lipinski definition) is 6. The predicted octanol–water partition coefficient (Wildman–Crippen LogP) is 5.61. The van der Waals surface area contributed by atoms with Gasteiger partial charge in [-0.1, -0.05) is 42.5 Å². The molecule has 1 aliphatic carbocycles. The third-order valence-corrected chi connectivity index (χ3v) is 7.86. The summed E-state index contributed by atoms with van der Waals surface area (Å²) in [7, 11) is 0. The highest BCUT2D eigenvalue weighted by Crippen LogP contribution is 2.37. The van der Waals surface area contributed by atoms with Gasteiger partial charge in [-0.05, 0) is 43.4 Å². The molecule has 1 amide bonds. The summed E-state index contributed by atoms with van der Waals surface area (Å²) in [5.41, 5.74) is 7.45. The van der Waals surface area contributed by atoms with Gasteiger partial charge in [0.05, 0.1) is 21.8 Å². The van der Waals surface area contributed by atoms with Gasteiger partial charge in [-0.25, -0.2) is 13.8 Å². The predicted molar refractivity (Wildman–Crippen MR) is 142 cm³/mol. The lowest BCUT2D eigenvalue weighted by atomic mass is 9.95. The SMILES string of the molecule is NCc1cc(F)c(Cl)c(Nc2nc3nc(N4CCC(F)CC4)c(C(=O)NC4CCCCC4)cc3[nH]2)c1Cl. The Labute approximate surface area is 223 Å². The summed E-state index contributed by atoms with van der Waals surface area (Å²) in [5.74, 6) is -0.189. The Balaban J connectivity index is 1.50. The van der Waals surface area contributed by atoms with Crippen LogP contribution in [0.4, 0.5) is 26.2 Å². The summed E-state index contributed by atoms with van der Waals surface area (Å²) in [6.45, 7) is 0.937. The van der Waals surface area contributed by atoms with Gasteiger partial charge in [-0.15, -0.1) is 0 Å². The number of imidazole rings is 1. The number of halogens is 4. The van der Waals surface area contributed by atoms with Gasteiger partial charge in [0, 0.05) is 25.7 Å². The molecule has 0 unspecified atom stereocenters. The summed E-state index contributed by atoms with van der Waals surface area (Å²) < 4.78 is 28.2. The number of rotatable bonds is 6. The first kappa shape index (κ1) is 25.9. The first-order chi connectivity index (χ1) is 17.8. The number of benzene rings is 1. The lowest BCUT2D eigenvalue weighted by Crippen LogP contribution is -2.39. The third kappa shape index (κ3) is 5.46. The standard InChI is InChI=1S/C25H29Cl2F2N7O/c26-19-13(12-30)10-17(29)20(27)21(19)33-25-32-18-11-16(24(37)31-15-4-2-1-3-5-15)23(34-22(18)35-25)36-8-6-14(28)7-9-36/h10-11,14-15H,1-9,12,30H2,(H,31,37)(H2,32,33,34,35). The number of anilines is 3. The number of aromatic amines is 1. The van der Waals surface area contributed by atoms with Gasteiger partial charge in [0.1, 0.15) is 22.8 Å². The van der Waals surface area contributed by atoms with E-state index in [0.29, 0.717) is 54.0 Å². The molecule has 0 bridgehead atoms. The maximum atomic E-state index is 14.3. The number of nitrogens with zero attached hydrogens (tertiary/aromatic N) is 3. The molecular formula is C25H29Cl2F2N7O. The second kappa shape index (κ2) is 11.0. The van der Waals surface area contributed by atoms with Gasteiger partial charge < -0.3 is 26.3 Å². The molecule has 5 N–H and O–H groups in total. The van der Waals surface area contributed by atoms with Crippen LogP contribution in [0.2, 0.25) is 10.0 Å². The summed E-state index contributed by atoms with van der Waals surface area (Å²) in [5, 5.41) is 6.07. The van der Waals surface area contributed by atoms with Crippen molar-refractivity contribution < 1.29 is 13.6 Å². The lowest BCUT2D eigenvalue weighted by Gasteiger charge is -2.31. The van der Waals surface area contributed by atoms with Crippen LogP contribution in [-0.2, 0) is 6.54 Å². The zero-order valence-electron chi connectivity index (χ0n) is 20.2. The molecule has 0 spiro atoms. The van der Waals surface area contributed by atoms with Crippen LogP contribution in [0.3, 0.4) is 0 Å². The fourth-order valence-electron chi connectivity index (χ4n) is 5.00. The Hall–Kier alpha value is -2.69. The molecule has 198 valence electrons. The molecule has 2 aliphatic rings. The third-order valence-electron chi connectivity index (χ3n) is 7.06. The van der Waals surface area contributed by atoms with Crippen LogP contribution in [0.15, 0.2) is 12.1 Å². The van der Waals surface area contributed by atoms with Crippen molar-refractivity contribution in [3.8, 4) is 0 Å². The summed E-state index contributed by atoms with van der Waals surface area (Å²) in [6, 6.07) is 3.02. The molecule has 1 saturated heterocycles. The number of pyridine rings is 1. The summed E-state index contributed by atoms with van der Waals surface area (Å²) in [4.78, 5) is 27.6. The molecule has 12 heteroatoms. The topological polar surface area (TPSA) is 112 Å². The van der Waals surface area contributed by atoms with Crippen molar-refractivity contribution in [2.24, 2.45) is 5.73 Å². The quantitative estimate of drug-likeness (QED) is 0.296. The largest absolute Gasteiger partial charge is 0.356 e. The van der Waals surface area contributed by atoms with Crippen molar-refractivity contribution in [2.75, 3.05) is 23.3 Å². The van der Waals surface area contributed by atoms with E-state index in [0.717, 1.165) is 25.7 Å². The van der Waals surface area contributed by atoms with E-state index < -0.39 is 12.0 Å². The second-order valence-corrected chi connectivity index (χ2v) is 10.4. The molecule has 0 radical (unpaired) electrons. The molecule has 3 heterocycles. The van der Waals surface area contributed by atoms with E-state index in [9.17, 15) is 13.6 Å². The molecule has 0 atom stereocenters. The zero-order valence-corrected chi connectivity index (χ0v) is 21.7. The highest BCUT2D eigenvalue weighted by atomic mass is 35.5. The van der Waals surface area contributed by atoms with Gasteiger partial charge in [-0.3, -0.25) is 4.79 Å². The number of carbonyl (C=O) groups excluding carboxylic acids is 1. The number of amides is 1. The van der Waals surface area contributed by atoms with Crippen LogP contribution in [-0.4, -0.2) is 46.2 Å². The molecule has 3 aromatic rings. The first-order valence-electron chi connectivity index (χ1n) is 12.6. The maximum absolute atomic E-state index is 14.3. The highest BCUT2D eigenvalue weighted by Gasteiger charge is 2.27. The van der Waals surface area contributed by atoms with Gasteiger partial charge >= 0.3 is 0 Å². The minimum atomic E-state index is -0.861. The number of piperidine rings is 1. The van der Waals surface area contributed by atoms with Crippen molar-refractivity contribution in [3.63, 3.8) is 0 Å². The van der Waals surface area contributed by atoms with Crippen LogP contribution in [0.5, 0.6) is 0 Å². The van der Waals surface area contributed by atoms with Crippen molar-refractivity contribution >= 4 is 57.7 Å². The zero-order chi connectivity index (χ0) is 26.1. The lowest BCUT2D eigenvalue weighted by molar-refractivity contribution is 0.0928. The normalized spacial score (nSPS) is 17.4. The minimum absolute atomic E-state index is 0.0295. The number of nitrogens with two attached hydrogens (primary N) is 1. The Morgan fingerprint density at radius 2 is 1.84 bits per heavy atom. The molecule has 37 heavy (non-hydrogen) atoms. The van der Waals surface area contributed by atoms with E-state index in [4.69, 9.17) is 33.9 Å². The van der Waals surface area contributed by atoms with E-state index in [2.05, 4.69) is 20.6 Å². The second-order valence-electron chi connectivity index (χ2n) is 9.64. The van der Waals surface area contributed by atoms with Crippen LogP contribution in [0.1, 0.15) is 60.9 Å². The number of hydrogen-bond donors (Lipinski definition) is 4. The van der Waals surface area contributed by atoms with E-state index in [1.54, 1.807) is 6.07 Å². The highest BCUT2D eigenvalue weighted by molar-refractivity contribution is 6.39. The molecule has 8 nitrogen and oxygen atoms in total. The fraction of sp³-hybridized carbons (Fsp3) is 0.480. The number of carbonyl (C=O) groups is 1. The number of alkyl halides is 1. The Bertz CT molecular complexity index is 1300. The van der Waals surface area contributed by atoms with Gasteiger partial charge in [0.25, 0.3) is 5.91 Å². The summed E-state index contributed by atoms with van der Waals surface area (Å²) >= 11 is 12.6. The van der Waals surface area contributed by atoms with Crippen molar-refractivity contribution in [3.05, 3.63) is 39.1 Å². The van der Waals surface area contributed by atoms with Crippen LogP contribution in [0.25, 0.3) is 11.2 Å². The molecule has 1 saturated carbocycles. The Morgan fingerprint density at radius 3 is 2.54 bits per heavy atom. The van der Waals surface area contributed by atoms with E-state index in [-0.39, 0.29) is 40.2 Å². The smallest absolute Gasteiger partial charge is 0.255 e. The van der Waals surface area contributed by atoms with E-state index in [1.165, 1.54) is 12.5 Å². The van der Waals surface area contributed by atoms with Gasteiger partial charge in [0.15, 0.2) is 5.65 Å². The van der Waals surface area contributed by atoms with Crippen LogP contribution >= 0.6 is 23.2 Å². The monoisotopic (exact) mass is 551 g/mol. The Morgan fingerprint density at radius 1 is 1.11 bits per heavy atom. The number of aromatic nitrogens is 3. The van der Waals surface area contributed by atoms with Crippen molar-refractivity contribution in [1.29, 1.82) is 0 Å². The molecule has 1 aliphatic heterocycles. The maximum Gasteiger partial charge on any atom is 0.255 e. The number of fused-ring (bicyclic) bond motifs is 1. The van der Waals surface area contributed by atoms with Crippen molar-refractivity contribution in [2.45, 2.75) is 63.7 Å². The van der Waals surface area contributed by atoms with Crippen LogP contribution in [0, 0.1) is 5.82 Å². The van der Waals surface area contributed by atoms with Crippen LogP contribution < -0.4 is 21.3 Å². The summed E-state index contributed by atoms with van der Waals surface area (Å²) in [6.07, 6.45) is 5.13. The minimum Gasteiger partial charge on any atom is -0.356 e. The van der Waals surface area contributed by atoms with E-state index in [1.807, 2.05) is 4.90 Å². The van der Waals surface area contributed by atoms with E-state index >= 15 is 0 Å². The Kier molecular flexibility index (Phi) is 7.69. The van der Waals surface area contributed by atoms with Gasteiger partial charge in [0.2, 0.25) is 5.95 Å². The average Bonchev–Trinajstić information content (AvgIpc) is 3.30. The molecular weight excluding hydrogens is 523 g/mol. The van der Waals surface area contributed by atoms with Crippen molar-refractivity contribution in [1.82, 2.24) is 20.3 Å². The molecule has 2 aromatic heterocycles. The number of nitrogens with one attached hydrogen (secondary N) is 3. The molecule has 5 rings (SSSR count). The first-order valence-corrected chi connectivity index (χ1v) is 13.3. The van der Waals surface area contributed by atoms with Gasteiger partial charge in [-0.2, -0.15) is 4.98 Å².